The maximum absolute atomic E-state index is 11.9. The molecule has 0 aromatic carbocycles. The van der Waals surface area contributed by atoms with Crippen molar-refractivity contribution in [2.75, 3.05) is 6.61 Å². The van der Waals surface area contributed by atoms with Gasteiger partial charge in [-0.05, 0) is 86.8 Å². The molecule has 0 aromatic heterocycles. The number of fused-ring (bicyclic) bond motifs is 5. The molecule has 4 rings (SSSR count). The van der Waals surface area contributed by atoms with Crippen molar-refractivity contribution in [2.45, 2.75) is 52.9 Å². The number of hydrogen-bond donors (Lipinski definition) is 0. The fraction of sp³-hybridized carbons (Fsp3) is 0.560. The molecule has 4 aliphatic rings. The van der Waals surface area contributed by atoms with Crippen molar-refractivity contribution in [2.24, 2.45) is 28.6 Å². The fourth-order valence-electron chi connectivity index (χ4n) is 6.51. The Labute approximate surface area is 163 Å². The third-order valence-electron chi connectivity index (χ3n) is 7.94. The predicted octanol–water partition coefficient (Wildman–Crippen LogP) is 5.94. The van der Waals surface area contributed by atoms with Crippen LogP contribution in [0.4, 0.5) is 0 Å². The molecule has 0 spiro atoms. The highest BCUT2D eigenvalue weighted by molar-refractivity contribution is 6.01. The summed E-state index contributed by atoms with van der Waals surface area (Å²) >= 11 is 0. The first-order valence-corrected chi connectivity index (χ1v) is 10.4. The zero-order chi connectivity index (χ0) is 19.4. The lowest BCUT2D eigenvalue weighted by Gasteiger charge is -2.52. The van der Waals surface area contributed by atoms with Gasteiger partial charge in [-0.25, -0.2) is 0 Å². The first kappa shape index (κ1) is 18.5. The molecule has 0 amide bonds. The number of ketones is 1. The summed E-state index contributed by atoms with van der Waals surface area (Å²) in [7, 11) is 0. The molecule has 0 aromatic rings. The molecular formula is C25H32O2. The Hall–Kier alpha value is -1.83. The SMILES string of the molecule is C=C(C)OCC(=C)C1CCC2C3CCC4=CC(=O)C=CC4(C)C3=CCC12C. The number of ether oxygens (including phenoxy) is 1. The highest BCUT2D eigenvalue weighted by Crippen LogP contribution is 2.64. The van der Waals surface area contributed by atoms with E-state index >= 15 is 0 Å². The van der Waals surface area contributed by atoms with Crippen LogP contribution in [0.2, 0.25) is 0 Å². The molecule has 0 N–H and O–H groups in total. The summed E-state index contributed by atoms with van der Waals surface area (Å²) in [6.45, 7) is 15.5. The summed E-state index contributed by atoms with van der Waals surface area (Å²) in [5, 5.41) is 0. The van der Waals surface area contributed by atoms with E-state index in [-0.39, 0.29) is 16.6 Å². The van der Waals surface area contributed by atoms with E-state index in [1.807, 2.05) is 13.0 Å². The summed E-state index contributed by atoms with van der Waals surface area (Å²) in [5.41, 5.74) is 4.34. The highest BCUT2D eigenvalue weighted by Gasteiger charge is 2.55. The zero-order valence-corrected chi connectivity index (χ0v) is 17.0. The normalized spacial score (nSPS) is 39.7. The summed E-state index contributed by atoms with van der Waals surface area (Å²) in [6, 6.07) is 0. The van der Waals surface area contributed by atoms with E-state index in [0.717, 1.165) is 18.6 Å². The minimum atomic E-state index is -0.0453. The molecule has 2 saturated carbocycles. The van der Waals surface area contributed by atoms with Gasteiger partial charge in [0.2, 0.25) is 0 Å². The van der Waals surface area contributed by atoms with E-state index in [9.17, 15) is 4.79 Å². The Morgan fingerprint density at radius 1 is 1.26 bits per heavy atom. The van der Waals surface area contributed by atoms with Crippen LogP contribution in [0, 0.1) is 28.6 Å². The topological polar surface area (TPSA) is 26.3 Å². The second-order valence-corrected chi connectivity index (χ2v) is 9.51. The minimum absolute atomic E-state index is 0.0453. The summed E-state index contributed by atoms with van der Waals surface area (Å²) in [5.74, 6) is 2.77. The van der Waals surface area contributed by atoms with Crippen LogP contribution in [0.25, 0.3) is 0 Å². The van der Waals surface area contributed by atoms with E-state index < -0.39 is 0 Å². The van der Waals surface area contributed by atoms with Crippen LogP contribution in [0.5, 0.6) is 0 Å². The lowest BCUT2D eigenvalue weighted by Crippen LogP contribution is -2.43. The van der Waals surface area contributed by atoms with Crippen molar-refractivity contribution < 1.29 is 9.53 Å². The lowest BCUT2D eigenvalue weighted by atomic mass is 9.52. The van der Waals surface area contributed by atoms with Crippen LogP contribution in [0.1, 0.15) is 52.9 Å². The van der Waals surface area contributed by atoms with Crippen LogP contribution in [-0.2, 0) is 9.53 Å². The Morgan fingerprint density at radius 3 is 2.78 bits per heavy atom. The highest BCUT2D eigenvalue weighted by atomic mass is 16.5. The molecule has 5 unspecified atom stereocenters. The van der Waals surface area contributed by atoms with Gasteiger partial charge in [-0.3, -0.25) is 4.79 Å². The van der Waals surface area contributed by atoms with Gasteiger partial charge in [-0.1, -0.05) is 43.4 Å². The lowest BCUT2D eigenvalue weighted by molar-refractivity contribution is -0.110. The second kappa shape index (κ2) is 6.36. The van der Waals surface area contributed by atoms with E-state index in [1.165, 1.54) is 30.4 Å². The van der Waals surface area contributed by atoms with Crippen LogP contribution in [-0.4, -0.2) is 12.4 Å². The number of allylic oxidation sites excluding steroid dienone is 7. The average molecular weight is 365 g/mol. The van der Waals surface area contributed by atoms with E-state index in [1.54, 1.807) is 11.6 Å². The van der Waals surface area contributed by atoms with Gasteiger partial charge in [0.05, 0.1) is 5.76 Å². The Balaban J connectivity index is 1.62. The summed E-state index contributed by atoms with van der Waals surface area (Å²) in [6.07, 6.45) is 14.1. The molecule has 0 aliphatic heterocycles. The maximum Gasteiger partial charge on any atom is 0.178 e. The van der Waals surface area contributed by atoms with Crippen LogP contribution >= 0.6 is 0 Å². The van der Waals surface area contributed by atoms with Gasteiger partial charge >= 0.3 is 0 Å². The minimum Gasteiger partial charge on any atom is -0.495 e. The van der Waals surface area contributed by atoms with Crippen molar-refractivity contribution >= 4 is 5.78 Å². The van der Waals surface area contributed by atoms with Crippen LogP contribution in [0.15, 0.2) is 59.9 Å². The fourth-order valence-corrected chi connectivity index (χ4v) is 6.51. The van der Waals surface area contributed by atoms with Crippen LogP contribution in [0.3, 0.4) is 0 Å². The first-order valence-electron chi connectivity index (χ1n) is 10.4. The number of carbonyl (C=O) groups excluding carboxylic acids is 1. The molecule has 144 valence electrons. The van der Waals surface area contributed by atoms with Gasteiger partial charge < -0.3 is 4.74 Å². The van der Waals surface area contributed by atoms with Crippen molar-refractivity contribution in [1.82, 2.24) is 0 Å². The van der Waals surface area contributed by atoms with Gasteiger partial charge in [0, 0.05) is 5.41 Å². The van der Waals surface area contributed by atoms with Crippen LogP contribution < -0.4 is 0 Å². The number of carbonyl (C=O) groups is 1. The third-order valence-corrected chi connectivity index (χ3v) is 7.94. The second-order valence-electron chi connectivity index (χ2n) is 9.51. The zero-order valence-electron chi connectivity index (χ0n) is 17.0. The monoisotopic (exact) mass is 364 g/mol. The molecular weight excluding hydrogens is 332 g/mol. The Morgan fingerprint density at radius 2 is 2.04 bits per heavy atom. The standard InChI is InChI=1S/C25H32O2/c1-16(2)27-15-17(3)21-8-9-22-20-7-6-18-14-19(26)10-12-24(18,4)23(20)11-13-25(21,22)5/h10-12,14,20-22H,1,3,6-9,13,15H2,2,4-5H3. The molecule has 2 heteroatoms. The smallest absolute Gasteiger partial charge is 0.178 e. The summed E-state index contributed by atoms with van der Waals surface area (Å²) < 4.78 is 5.69. The Bertz CT molecular complexity index is 795. The number of rotatable bonds is 4. The van der Waals surface area contributed by atoms with Gasteiger partial charge in [-0.2, -0.15) is 0 Å². The number of hydrogen-bond acceptors (Lipinski definition) is 2. The molecule has 0 saturated heterocycles. The van der Waals surface area contributed by atoms with Crippen molar-refractivity contribution in [3.8, 4) is 0 Å². The molecule has 4 aliphatic carbocycles. The molecule has 0 bridgehead atoms. The average Bonchev–Trinajstić information content (AvgIpc) is 2.97. The van der Waals surface area contributed by atoms with Gasteiger partial charge in [0.1, 0.15) is 6.61 Å². The van der Waals surface area contributed by atoms with Gasteiger partial charge in [-0.15, -0.1) is 0 Å². The van der Waals surface area contributed by atoms with Crippen molar-refractivity contribution in [3.63, 3.8) is 0 Å². The Kier molecular flexibility index (Phi) is 4.36. The van der Waals surface area contributed by atoms with E-state index in [0.29, 0.717) is 24.4 Å². The first-order chi connectivity index (χ1) is 12.8. The summed E-state index contributed by atoms with van der Waals surface area (Å²) in [4.78, 5) is 11.9. The van der Waals surface area contributed by atoms with Crippen molar-refractivity contribution in [1.29, 1.82) is 0 Å². The molecule has 2 nitrogen and oxygen atoms in total. The largest absolute Gasteiger partial charge is 0.495 e. The molecule has 0 radical (unpaired) electrons. The maximum atomic E-state index is 11.9. The quantitative estimate of drug-likeness (QED) is 0.456. The predicted molar refractivity (Wildman–Crippen MR) is 110 cm³/mol. The molecule has 0 heterocycles. The third kappa shape index (κ3) is 2.80. The molecule has 2 fully saturated rings. The van der Waals surface area contributed by atoms with Crippen molar-refractivity contribution in [3.05, 3.63) is 59.9 Å². The van der Waals surface area contributed by atoms with E-state index in [2.05, 4.69) is 39.2 Å². The molecule has 5 atom stereocenters. The molecule has 27 heavy (non-hydrogen) atoms. The van der Waals surface area contributed by atoms with Gasteiger partial charge in [0.25, 0.3) is 0 Å². The van der Waals surface area contributed by atoms with Gasteiger partial charge in [0.15, 0.2) is 5.78 Å². The van der Waals surface area contributed by atoms with E-state index in [4.69, 9.17) is 4.74 Å².